The maximum absolute atomic E-state index is 11.3. The zero-order valence-corrected chi connectivity index (χ0v) is 8.06. The van der Waals surface area contributed by atoms with E-state index in [1.165, 1.54) is 18.3 Å². The fourth-order valence-corrected chi connectivity index (χ4v) is 1.49. The Morgan fingerprint density at radius 2 is 2.25 bits per heavy atom. The summed E-state index contributed by atoms with van der Waals surface area (Å²) in [4.78, 5) is 24.2. The van der Waals surface area contributed by atoms with E-state index in [1.54, 1.807) is 6.07 Å². The number of non-ortho nitro benzene ring substituents is 1. The van der Waals surface area contributed by atoms with Crippen LogP contribution in [0.25, 0.3) is 10.9 Å². The molecule has 1 heterocycles. The number of nitro benzene ring substituents is 1. The molecule has 0 unspecified atom stereocenters. The van der Waals surface area contributed by atoms with Crippen molar-refractivity contribution in [3.63, 3.8) is 0 Å². The molecule has 4 N–H and O–H groups in total. The van der Waals surface area contributed by atoms with Crippen LogP contribution in [0.15, 0.2) is 24.4 Å². The highest BCUT2D eigenvalue weighted by Crippen LogP contribution is 2.23. The smallest absolute Gasteiger partial charge is 0.270 e. The number of hydrogen-bond acceptors (Lipinski definition) is 4. The molecule has 1 amide bonds. The molecule has 0 radical (unpaired) electrons. The molecule has 7 heteroatoms. The number of fused-ring (bicyclic) bond motifs is 1. The number of hydrogen-bond donors (Lipinski definition) is 3. The van der Waals surface area contributed by atoms with Crippen molar-refractivity contribution in [2.45, 2.75) is 0 Å². The molecule has 0 saturated heterocycles. The molecule has 2 aromatic rings. The molecule has 1 aromatic carbocycles. The molecule has 0 saturated carbocycles. The lowest BCUT2D eigenvalue weighted by molar-refractivity contribution is -0.384. The molecular formula is C9H8N4O3. The highest BCUT2D eigenvalue weighted by Gasteiger charge is 2.14. The van der Waals surface area contributed by atoms with Crippen LogP contribution in [-0.4, -0.2) is 15.8 Å². The summed E-state index contributed by atoms with van der Waals surface area (Å²) in [5.41, 5.74) is 2.83. The van der Waals surface area contributed by atoms with E-state index < -0.39 is 10.8 Å². The Hall–Kier alpha value is -2.41. The van der Waals surface area contributed by atoms with E-state index in [0.29, 0.717) is 10.9 Å². The lowest BCUT2D eigenvalue weighted by Crippen LogP contribution is -2.29. The molecule has 2 rings (SSSR count). The Morgan fingerprint density at radius 1 is 1.50 bits per heavy atom. The molecule has 7 nitrogen and oxygen atoms in total. The zero-order valence-electron chi connectivity index (χ0n) is 8.06. The van der Waals surface area contributed by atoms with Crippen LogP contribution in [-0.2, 0) is 0 Å². The average molecular weight is 220 g/mol. The molecule has 0 atom stereocenters. The van der Waals surface area contributed by atoms with Gasteiger partial charge in [-0.25, -0.2) is 5.84 Å². The molecule has 0 aliphatic heterocycles. The summed E-state index contributed by atoms with van der Waals surface area (Å²) < 4.78 is 0. The van der Waals surface area contributed by atoms with Crippen LogP contribution in [0.2, 0.25) is 0 Å². The predicted octanol–water partition coefficient (Wildman–Crippen LogP) is 0.680. The SMILES string of the molecule is NNC(=O)c1c[nH]c2ccc([N+](=O)[O-])cc12. The summed E-state index contributed by atoms with van der Waals surface area (Å²) in [6.07, 6.45) is 1.45. The van der Waals surface area contributed by atoms with Crippen LogP contribution in [0, 0.1) is 10.1 Å². The van der Waals surface area contributed by atoms with E-state index in [0.717, 1.165) is 0 Å². The Labute approximate surface area is 89.4 Å². The standard InChI is InChI=1S/C9H8N4O3/c10-12-9(14)7-4-11-8-2-1-5(13(15)16)3-6(7)8/h1-4,11H,10H2,(H,12,14). The number of benzene rings is 1. The van der Waals surface area contributed by atoms with Gasteiger partial charge in [-0.1, -0.05) is 0 Å². The number of hydrazine groups is 1. The molecule has 0 aliphatic carbocycles. The van der Waals surface area contributed by atoms with Gasteiger partial charge in [0, 0.05) is 29.2 Å². The second-order valence-electron chi connectivity index (χ2n) is 3.16. The van der Waals surface area contributed by atoms with Crippen LogP contribution < -0.4 is 11.3 Å². The first-order chi connectivity index (χ1) is 7.63. The zero-order chi connectivity index (χ0) is 11.7. The molecule has 82 valence electrons. The van der Waals surface area contributed by atoms with Gasteiger partial charge in [0.25, 0.3) is 11.6 Å². The largest absolute Gasteiger partial charge is 0.360 e. The number of carbonyl (C=O) groups excluding carboxylic acids is 1. The summed E-state index contributed by atoms with van der Waals surface area (Å²) in [5.74, 6) is 4.51. The fourth-order valence-electron chi connectivity index (χ4n) is 1.49. The third kappa shape index (κ3) is 1.48. The summed E-state index contributed by atoms with van der Waals surface area (Å²) in [6, 6.07) is 4.24. The molecule has 0 fully saturated rings. The highest BCUT2D eigenvalue weighted by molar-refractivity contribution is 6.06. The summed E-state index contributed by atoms with van der Waals surface area (Å²) in [7, 11) is 0. The summed E-state index contributed by atoms with van der Waals surface area (Å²) >= 11 is 0. The van der Waals surface area contributed by atoms with Crippen LogP contribution in [0.5, 0.6) is 0 Å². The van der Waals surface area contributed by atoms with Gasteiger partial charge in [-0.15, -0.1) is 0 Å². The minimum absolute atomic E-state index is 0.0711. The van der Waals surface area contributed by atoms with Gasteiger partial charge in [0.15, 0.2) is 0 Å². The van der Waals surface area contributed by atoms with E-state index >= 15 is 0 Å². The van der Waals surface area contributed by atoms with Crippen molar-refractivity contribution in [3.8, 4) is 0 Å². The molecule has 16 heavy (non-hydrogen) atoms. The first-order valence-electron chi connectivity index (χ1n) is 4.40. The minimum atomic E-state index is -0.517. The fraction of sp³-hybridized carbons (Fsp3) is 0. The van der Waals surface area contributed by atoms with Crippen molar-refractivity contribution in [1.29, 1.82) is 0 Å². The van der Waals surface area contributed by atoms with Crippen LogP contribution in [0.1, 0.15) is 10.4 Å². The normalized spacial score (nSPS) is 10.3. The number of rotatable bonds is 2. The molecular weight excluding hydrogens is 212 g/mol. The second-order valence-corrected chi connectivity index (χ2v) is 3.16. The van der Waals surface area contributed by atoms with Gasteiger partial charge in [-0.05, 0) is 6.07 Å². The van der Waals surface area contributed by atoms with Gasteiger partial charge < -0.3 is 4.98 Å². The van der Waals surface area contributed by atoms with E-state index in [2.05, 4.69) is 4.98 Å². The van der Waals surface area contributed by atoms with E-state index in [9.17, 15) is 14.9 Å². The number of aromatic nitrogens is 1. The Bertz CT molecular complexity index is 575. The number of nitrogens with one attached hydrogen (secondary N) is 2. The monoisotopic (exact) mass is 220 g/mol. The molecule has 0 aliphatic rings. The number of amides is 1. The van der Waals surface area contributed by atoms with Gasteiger partial charge in [0.2, 0.25) is 0 Å². The van der Waals surface area contributed by atoms with Gasteiger partial charge in [0.05, 0.1) is 10.5 Å². The highest BCUT2D eigenvalue weighted by atomic mass is 16.6. The number of nitrogens with two attached hydrogens (primary N) is 1. The van der Waals surface area contributed by atoms with Crippen molar-refractivity contribution in [3.05, 3.63) is 40.1 Å². The van der Waals surface area contributed by atoms with Crippen LogP contribution in [0.3, 0.4) is 0 Å². The molecule has 0 bridgehead atoms. The minimum Gasteiger partial charge on any atom is -0.360 e. The van der Waals surface area contributed by atoms with Crippen LogP contribution >= 0.6 is 0 Å². The van der Waals surface area contributed by atoms with Crippen molar-refractivity contribution in [2.75, 3.05) is 0 Å². The number of nitrogens with zero attached hydrogens (tertiary/aromatic N) is 1. The number of nitrogen functional groups attached to an aromatic ring is 1. The average Bonchev–Trinajstić information content (AvgIpc) is 2.70. The lowest BCUT2D eigenvalue weighted by atomic mass is 10.1. The van der Waals surface area contributed by atoms with E-state index in [1.807, 2.05) is 5.43 Å². The second kappa shape index (κ2) is 3.63. The molecule has 1 aromatic heterocycles. The number of nitro groups is 1. The predicted molar refractivity (Wildman–Crippen MR) is 56.6 cm³/mol. The summed E-state index contributed by atoms with van der Waals surface area (Å²) in [6.45, 7) is 0. The van der Waals surface area contributed by atoms with Gasteiger partial charge in [-0.3, -0.25) is 20.3 Å². The Morgan fingerprint density at radius 3 is 2.88 bits per heavy atom. The Kier molecular flexibility index (Phi) is 2.29. The third-order valence-electron chi connectivity index (χ3n) is 2.25. The molecule has 0 spiro atoms. The topological polar surface area (TPSA) is 114 Å². The van der Waals surface area contributed by atoms with Gasteiger partial charge in [0.1, 0.15) is 0 Å². The van der Waals surface area contributed by atoms with Crippen molar-refractivity contribution >= 4 is 22.5 Å². The third-order valence-corrected chi connectivity index (χ3v) is 2.25. The van der Waals surface area contributed by atoms with Crippen molar-refractivity contribution in [2.24, 2.45) is 5.84 Å². The first-order valence-corrected chi connectivity index (χ1v) is 4.40. The number of carbonyl (C=O) groups is 1. The van der Waals surface area contributed by atoms with Gasteiger partial charge in [-0.2, -0.15) is 0 Å². The van der Waals surface area contributed by atoms with Crippen molar-refractivity contribution in [1.82, 2.24) is 10.4 Å². The maximum Gasteiger partial charge on any atom is 0.270 e. The van der Waals surface area contributed by atoms with E-state index in [-0.39, 0.29) is 11.3 Å². The van der Waals surface area contributed by atoms with Crippen molar-refractivity contribution < 1.29 is 9.72 Å². The van der Waals surface area contributed by atoms with Crippen LogP contribution in [0.4, 0.5) is 5.69 Å². The van der Waals surface area contributed by atoms with Gasteiger partial charge >= 0.3 is 0 Å². The first kappa shape index (κ1) is 10.1. The number of aromatic amines is 1. The maximum atomic E-state index is 11.3. The Balaban J connectivity index is 2.64. The number of H-pyrrole nitrogens is 1. The lowest BCUT2D eigenvalue weighted by Gasteiger charge is -1.97. The summed E-state index contributed by atoms with van der Waals surface area (Å²) in [5, 5.41) is 11.1. The van der Waals surface area contributed by atoms with E-state index in [4.69, 9.17) is 5.84 Å². The quantitative estimate of drug-likeness (QED) is 0.299.